The molecule has 3 aliphatic rings. The summed E-state index contributed by atoms with van der Waals surface area (Å²) in [5, 5.41) is 5.31. The number of amides is 3. The molecule has 12 heteroatoms. The highest BCUT2D eigenvalue weighted by atomic mass is 35.5. The van der Waals surface area contributed by atoms with Crippen molar-refractivity contribution in [3.63, 3.8) is 0 Å². The van der Waals surface area contributed by atoms with E-state index in [0.29, 0.717) is 84.9 Å². The average Bonchev–Trinajstić information content (AvgIpc) is 3.78. The summed E-state index contributed by atoms with van der Waals surface area (Å²) in [6.45, 7) is 13.2. The Kier molecular flexibility index (Phi) is 10.6. The van der Waals surface area contributed by atoms with Gasteiger partial charge in [0.25, 0.3) is 5.91 Å². The molecule has 0 spiro atoms. The maximum absolute atomic E-state index is 13.9. The van der Waals surface area contributed by atoms with Crippen LogP contribution < -0.4 is 4.90 Å². The Hall–Kier alpha value is -4.22. The summed E-state index contributed by atoms with van der Waals surface area (Å²) in [5.41, 5.74) is 4.92. The van der Waals surface area contributed by atoms with E-state index in [1.165, 1.54) is 7.11 Å². The fraction of sp³-hybridized carbons (Fsp3) is 0.500. The van der Waals surface area contributed by atoms with Crippen molar-refractivity contribution in [1.82, 2.24) is 24.5 Å². The molecule has 3 fully saturated rings. The van der Waals surface area contributed by atoms with Crippen LogP contribution in [0.15, 0.2) is 42.5 Å². The van der Waals surface area contributed by atoms with Gasteiger partial charge in [-0.15, -0.1) is 0 Å². The molecule has 3 aliphatic heterocycles. The first-order chi connectivity index (χ1) is 23.9. The van der Waals surface area contributed by atoms with Crippen LogP contribution in [0.25, 0.3) is 5.69 Å². The summed E-state index contributed by atoms with van der Waals surface area (Å²) in [6.07, 6.45) is 2.16. The number of hydrogen-bond donors (Lipinski definition) is 0. The minimum Gasteiger partial charge on any atom is -0.465 e. The van der Waals surface area contributed by atoms with Gasteiger partial charge in [-0.3, -0.25) is 14.4 Å². The molecule has 0 aliphatic carbocycles. The monoisotopic (exact) mass is 702 g/mol. The van der Waals surface area contributed by atoms with Crippen LogP contribution in [0.1, 0.15) is 63.9 Å². The predicted molar refractivity (Wildman–Crippen MR) is 192 cm³/mol. The molecule has 6 rings (SSSR count). The number of carbonyl (C=O) groups is 4. The number of aromatic nitrogens is 2. The second-order valence-electron chi connectivity index (χ2n) is 14.0. The summed E-state index contributed by atoms with van der Waals surface area (Å²) < 4.78 is 6.60. The lowest BCUT2D eigenvalue weighted by Gasteiger charge is -2.34. The molecule has 266 valence electrons. The van der Waals surface area contributed by atoms with Crippen molar-refractivity contribution in [3.8, 4) is 5.69 Å². The van der Waals surface area contributed by atoms with E-state index in [1.54, 1.807) is 29.8 Å². The summed E-state index contributed by atoms with van der Waals surface area (Å²) in [4.78, 5) is 59.8. The first-order valence-corrected chi connectivity index (χ1v) is 17.9. The van der Waals surface area contributed by atoms with Gasteiger partial charge in [-0.25, -0.2) is 9.48 Å². The Labute approximate surface area is 299 Å². The number of aryl methyl sites for hydroxylation is 2. The zero-order valence-corrected chi connectivity index (χ0v) is 30.4. The summed E-state index contributed by atoms with van der Waals surface area (Å²) >= 11 is 6.50. The van der Waals surface area contributed by atoms with Crippen molar-refractivity contribution in [2.24, 2.45) is 17.8 Å². The number of hydrogen-bond acceptors (Lipinski definition) is 7. The Morgan fingerprint density at radius 1 is 0.940 bits per heavy atom. The van der Waals surface area contributed by atoms with Gasteiger partial charge in [0, 0.05) is 69.4 Å². The highest BCUT2D eigenvalue weighted by molar-refractivity contribution is 6.31. The lowest BCUT2D eigenvalue weighted by Crippen LogP contribution is -2.44. The van der Waals surface area contributed by atoms with Crippen LogP contribution >= 0.6 is 11.6 Å². The number of carbonyl (C=O) groups excluding carboxylic acids is 4. The summed E-state index contributed by atoms with van der Waals surface area (Å²) in [5.74, 6) is 0.402. The molecule has 3 aromatic rings. The standard InChI is InChI=1S/C38H47ClN6O5/c1-24-10-11-32(19-34(24)39)44(36(47)28-12-16-42(17-13-28)27(4)46)15-7-14-41-20-30-22-43(23-31(30)21-41)37(48)35-25(2)40-45(26(35)3)33-9-6-8-29(18-33)38(49)50-5/h6,8-11,18-19,28,30-31H,7,12-17,20-23H2,1-5H3. The van der Waals surface area contributed by atoms with Crippen LogP contribution in [-0.2, 0) is 14.3 Å². The molecule has 11 nitrogen and oxygen atoms in total. The largest absolute Gasteiger partial charge is 0.465 e. The third-order valence-electron chi connectivity index (χ3n) is 10.7. The van der Waals surface area contributed by atoms with Gasteiger partial charge in [-0.1, -0.05) is 23.7 Å². The Bertz CT molecular complexity index is 1770. The fourth-order valence-electron chi connectivity index (χ4n) is 7.91. The zero-order valence-electron chi connectivity index (χ0n) is 29.7. The molecular weight excluding hydrogens is 656 g/mol. The molecule has 4 heterocycles. The van der Waals surface area contributed by atoms with Gasteiger partial charge >= 0.3 is 5.97 Å². The average molecular weight is 703 g/mol. The van der Waals surface area contributed by atoms with E-state index in [-0.39, 0.29) is 23.6 Å². The van der Waals surface area contributed by atoms with Crippen LogP contribution in [0.3, 0.4) is 0 Å². The molecule has 50 heavy (non-hydrogen) atoms. The number of piperidine rings is 1. The Morgan fingerprint density at radius 2 is 1.64 bits per heavy atom. The van der Waals surface area contributed by atoms with Crippen LogP contribution in [0.4, 0.5) is 5.69 Å². The Balaban J connectivity index is 1.05. The van der Waals surface area contributed by atoms with Crippen molar-refractivity contribution in [1.29, 1.82) is 0 Å². The number of ether oxygens (including phenoxy) is 1. The molecule has 0 N–H and O–H groups in total. The SMILES string of the molecule is COC(=O)c1cccc(-n2nc(C)c(C(=O)N3CC4CN(CCCN(C(=O)C5CCN(C(C)=O)CC5)c5ccc(C)c(Cl)c5)CC4C3)c2C)c1. The van der Waals surface area contributed by atoms with Crippen molar-refractivity contribution in [3.05, 3.63) is 75.6 Å². The maximum atomic E-state index is 13.9. The van der Waals surface area contributed by atoms with Crippen LogP contribution in [0.2, 0.25) is 5.02 Å². The van der Waals surface area contributed by atoms with Crippen molar-refractivity contribution < 1.29 is 23.9 Å². The minimum absolute atomic E-state index is 0.00336. The fourth-order valence-corrected chi connectivity index (χ4v) is 8.09. The molecule has 0 radical (unpaired) electrons. The molecule has 2 unspecified atom stereocenters. The Morgan fingerprint density at radius 3 is 2.28 bits per heavy atom. The summed E-state index contributed by atoms with van der Waals surface area (Å²) in [6, 6.07) is 12.9. The molecule has 2 aromatic carbocycles. The highest BCUT2D eigenvalue weighted by Gasteiger charge is 2.42. The number of likely N-dealkylation sites (tertiary alicyclic amines) is 3. The van der Waals surface area contributed by atoms with Crippen molar-refractivity contribution in [2.75, 3.05) is 64.4 Å². The topological polar surface area (TPSA) is 108 Å². The predicted octanol–water partition coefficient (Wildman–Crippen LogP) is 4.92. The van der Waals surface area contributed by atoms with E-state index in [1.807, 2.05) is 59.7 Å². The number of benzene rings is 2. The lowest BCUT2D eigenvalue weighted by molar-refractivity contribution is -0.133. The molecular formula is C38H47ClN6O5. The van der Waals surface area contributed by atoms with Gasteiger partial charge < -0.3 is 24.3 Å². The van der Waals surface area contributed by atoms with Crippen LogP contribution in [0, 0.1) is 38.5 Å². The number of methoxy groups -OCH3 is 1. The van der Waals surface area contributed by atoms with Gasteiger partial charge in [0.05, 0.1) is 35.3 Å². The molecule has 3 saturated heterocycles. The van der Waals surface area contributed by atoms with Gasteiger partial charge in [0.2, 0.25) is 11.8 Å². The van der Waals surface area contributed by atoms with E-state index >= 15 is 0 Å². The lowest BCUT2D eigenvalue weighted by atomic mass is 9.94. The summed E-state index contributed by atoms with van der Waals surface area (Å²) in [7, 11) is 1.35. The number of halogens is 1. The van der Waals surface area contributed by atoms with Gasteiger partial charge in [0.1, 0.15) is 0 Å². The second kappa shape index (κ2) is 14.9. The highest BCUT2D eigenvalue weighted by Crippen LogP contribution is 2.34. The number of esters is 1. The van der Waals surface area contributed by atoms with Crippen LogP contribution in [0.5, 0.6) is 0 Å². The molecule has 0 bridgehead atoms. The third kappa shape index (κ3) is 7.30. The van der Waals surface area contributed by atoms with Crippen LogP contribution in [-0.4, -0.2) is 108 Å². The zero-order chi connectivity index (χ0) is 35.7. The molecule has 3 amide bonds. The second-order valence-corrected chi connectivity index (χ2v) is 14.5. The quantitative estimate of drug-likeness (QED) is 0.291. The van der Waals surface area contributed by atoms with Gasteiger partial charge in [0.15, 0.2) is 0 Å². The van der Waals surface area contributed by atoms with E-state index in [9.17, 15) is 19.2 Å². The molecule has 2 atom stereocenters. The third-order valence-corrected chi connectivity index (χ3v) is 11.2. The maximum Gasteiger partial charge on any atom is 0.337 e. The first kappa shape index (κ1) is 35.6. The first-order valence-electron chi connectivity index (χ1n) is 17.5. The van der Waals surface area contributed by atoms with E-state index in [4.69, 9.17) is 16.3 Å². The van der Waals surface area contributed by atoms with E-state index < -0.39 is 5.97 Å². The minimum atomic E-state index is -0.424. The number of anilines is 1. The van der Waals surface area contributed by atoms with Crippen molar-refractivity contribution >= 4 is 41.0 Å². The van der Waals surface area contributed by atoms with E-state index in [2.05, 4.69) is 10.00 Å². The van der Waals surface area contributed by atoms with Crippen molar-refractivity contribution in [2.45, 2.75) is 47.0 Å². The number of nitrogens with zero attached hydrogens (tertiary/aromatic N) is 6. The van der Waals surface area contributed by atoms with Gasteiger partial charge in [-0.2, -0.15) is 5.10 Å². The normalized spacial score (nSPS) is 19.5. The van der Waals surface area contributed by atoms with E-state index in [0.717, 1.165) is 43.0 Å². The number of rotatable bonds is 9. The molecule has 0 saturated carbocycles. The van der Waals surface area contributed by atoms with Gasteiger partial charge in [-0.05, 0) is 94.3 Å². The number of fused-ring (bicyclic) bond motifs is 1. The smallest absolute Gasteiger partial charge is 0.337 e. The molecule has 1 aromatic heterocycles.